The molecule has 2 heterocycles. The van der Waals surface area contributed by atoms with E-state index in [0.717, 1.165) is 17.2 Å². The number of hydrogen-bond donors (Lipinski definition) is 2. The van der Waals surface area contributed by atoms with E-state index in [9.17, 15) is 0 Å². The zero-order chi connectivity index (χ0) is 12.6. The van der Waals surface area contributed by atoms with Gasteiger partial charge in [-0.1, -0.05) is 6.42 Å². The fourth-order valence-corrected chi connectivity index (χ4v) is 4.19. The van der Waals surface area contributed by atoms with Crippen LogP contribution in [0.1, 0.15) is 29.8 Å². The number of aromatic amines is 1. The minimum atomic E-state index is 0.349. The third kappa shape index (κ3) is 1.80. The molecule has 1 saturated carbocycles. The molecule has 1 aliphatic rings. The number of thiazole rings is 1. The largest absolute Gasteiger partial charge is 0.359 e. The molecule has 96 valence electrons. The summed E-state index contributed by atoms with van der Waals surface area (Å²) in [6.07, 6.45) is 5.89. The first kappa shape index (κ1) is 11.9. The molecule has 3 nitrogen and oxygen atoms in total. The maximum atomic E-state index is 4.74. The Morgan fingerprint density at radius 1 is 1.50 bits per heavy atom. The molecule has 18 heavy (non-hydrogen) atoms. The summed E-state index contributed by atoms with van der Waals surface area (Å²) in [5, 5.41) is 4.47. The predicted molar refractivity (Wildman–Crippen MR) is 76.1 cm³/mol. The molecule has 2 aromatic heterocycles. The molecule has 2 N–H and O–H groups in total. The van der Waals surface area contributed by atoms with Crippen LogP contribution in [-0.4, -0.2) is 23.6 Å². The van der Waals surface area contributed by atoms with E-state index in [4.69, 9.17) is 4.98 Å². The van der Waals surface area contributed by atoms with Gasteiger partial charge >= 0.3 is 0 Å². The van der Waals surface area contributed by atoms with Crippen molar-refractivity contribution in [1.29, 1.82) is 0 Å². The van der Waals surface area contributed by atoms with E-state index in [2.05, 4.69) is 23.3 Å². The summed E-state index contributed by atoms with van der Waals surface area (Å²) in [5.74, 6) is 0. The average Bonchev–Trinajstić information content (AvgIpc) is 2.92. The van der Waals surface area contributed by atoms with Gasteiger partial charge in [0.1, 0.15) is 5.01 Å². The van der Waals surface area contributed by atoms with Crippen molar-refractivity contribution in [2.24, 2.45) is 0 Å². The van der Waals surface area contributed by atoms with Gasteiger partial charge in [-0.25, -0.2) is 4.98 Å². The standard InChI is InChI=1S/C14H19N3S/c1-10-12(14(9-15-2)6-4-7-14)18-13(17-10)11-5-3-8-16-11/h3,5,8,15-16H,4,6-7,9H2,1-2H3. The molecule has 0 spiro atoms. The third-order valence-electron chi connectivity index (χ3n) is 3.93. The van der Waals surface area contributed by atoms with Crippen molar-refractivity contribution in [3.05, 3.63) is 28.9 Å². The molecule has 0 bridgehead atoms. The second-order valence-corrected chi connectivity index (χ2v) is 6.18. The Morgan fingerprint density at radius 2 is 2.33 bits per heavy atom. The highest BCUT2D eigenvalue weighted by molar-refractivity contribution is 7.15. The average molecular weight is 261 g/mol. The van der Waals surface area contributed by atoms with Gasteiger partial charge in [0.25, 0.3) is 0 Å². The summed E-state index contributed by atoms with van der Waals surface area (Å²) in [6.45, 7) is 3.22. The van der Waals surface area contributed by atoms with Crippen LogP contribution in [0.3, 0.4) is 0 Å². The number of hydrogen-bond acceptors (Lipinski definition) is 3. The molecule has 0 saturated heterocycles. The SMILES string of the molecule is CNCC1(c2sc(-c3ccc[nH]3)nc2C)CCC1. The second-order valence-electron chi connectivity index (χ2n) is 5.18. The Labute approximate surface area is 112 Å². The first-order valence-electron chi connectivity index (χ1n) is 6.51. The van der Waals surface area contributed by atoms with Crippen LogP contribution in [0.2, 0.25) is 0 Å². The maximum Gasteiger partial charge on any atom is 0.140 e. The number of likely N-dealkylation sites (N-methyl/N-ethyl adjacent to an activating group) is 1. The van der Waals surface area contributed by atoms with E-state index < -0.39 is 0 Å². The van der Waals surface area contributed by atoms with E-state index in [0.29, 0.717) is 5.41 Å². The first-order valence-corrected chi connectivity index (χ1v) is 7.33. The van der Waals surface area contributed by atoms with Crippen LogP contribution < -0.4 is 5.32 Å². The lowest BCUT2D eigenvalue weighted by Crippen LogP contribution is -2.42. The Bertz CT molecular complexity index is 523. The molecular weight excluding hydrogens is 242 g/mol. The number of nitrogens with zero attached hydrogens (tertiary/aromatic N) is 1. The summed E-state index contributed by atoms with van der Waals surface area (Å²) in [7, 11) is 2.04. The molecule has 3 rings (SSSR count). The number of nitrogens with one attached hydrogen (secondary N) is 2. The summed E-state index contributed by atoms with van der Waals surface area (Å²) in [4.78, 5) is 9.47. The smallest absolute Gasteiger partial charge is 0.140 e. The van der Waals surface area contributed by atoms with Gasteiger partial charge in [0.05, 0.1) is 11.4 Å². The molecule has 2 aromatic rings. The van der Waals surface area contributed by atoms with Crippen molar-refractivity contribution in [2.75, 3.05) is 13.6 Å². The molecule has 4 heteroatoms. The van der Waals surface area contributed by atoms with Gasteiger partial charge in [0.15, 0.2) is 0 Å². The lowest BCUT2D eigenvalue weighted by Gasteiger charge is -2.41. The van der Waals surface area contributed by atoms with Crippen molar-refractivity contribution in [3.63, 3.8) is 0 Å². The molecule has 0 radical (unpaired) electrons. The van der Waals surface area contributed by atoms with E-state index >= 15 is 0 Å². The molecule has 0 amide bonds. The lowest BCUT2D eigenvalue weighted by atomic mass is 9.67. The van der Waals surface area contributed by atoms with E-state index in [1.54, 1.807) is 0 Å². The molecule has 0 aromatic carbocycles. The van der Waals surface area contributed by atoms with Gasteiger partial charge in [-0.15, -0.1) is 11.3 Å². The minimum absolute atomic E-state index is 0.349. The van der Waals surface area contributed by atoms with Crippen molar-refractivity contribution in [1.82, 2.24) is 15.3 Å². The summed E-state index contributed by atoms with van der Waals surface area (Å²) >= 11 is 1.86. The number of aromatic nitrogens is 2. The quantitative estimate of drug-likeness (QED) is 0.888. The van der Waals surface area contributed by atoms with Crippen LogP contribution in [0, 0.1) is 6.92 Å². The van der Waals surface area contributed by atoms with Gasteiger partial charge < -0.3 is 10.3 Å². The Balaban J connectivity index is 1.98. The highest BCUT2D eigenvalue weighted by Crippen LogP contribution is 2.47. The summed E-state index contributed by atoms with van der Waals surface area (Å²) < 4.78 is 0. The molecule has 1 fully saturated rings. The highest BCUT2D eigenvalue weighted by Gasteiger charge is 2.41. The maximum absolute atomic E-state index is 4.74. The van der Waals surface area contributed by atoms with Crippen LogP contribution >= 0.6 is 11.3 Å². The molecule has 0 atom stereocenters. The van der Waals surface area contributed by atoms with E-state index in [-0.39, 0.29) is 0 Å². The second kappa shape index (κ2) is 4.52. The van der Waals surface area contributed by atoms with Gasteiger partial charge in [0.2, 0.25) is 0 Å². The zero-order valence-corrected chi connectivity index (χ0v) is 11.7. The van der Waals surface area contributed by atoms with E-state index in [1.165, 1.54) is 29.8 Å². The van der Waals surface area contributed by atoms with Gasteiger partial charge in [-0.3, -0.25) is 0 Å². The van der Waals surface area contributed by atoms with Crippen LogP contribution in [0.25, 0.3) is 10.7 Å². The topological polar surface area (TPSA) is 40.7 Å². The monoisotopic (exact) mass is 261 g/mol. The number of aryl methyl sites for hydroxylation is 1. The Kier molecular flexibility index (Phi) is 2.99. The normalized spacial score (nSPS) is 17.7. The van der Waals surface area contributed by atoms with Crippen LogP contribution in [0.4, 0.5) is 0 Å². The highest BCUT2D eigenvalue weighted by atomic mass is 32.1. The van der Waals surface area contributed by atoms with Crippen LogP contribution in [-0.2, 0) is 5.41 Å². The van der Waals surface area contributed by atoms with Gasteiger partial charge in [-0.2, -0.15) is 0 Å². The Morgan fingerprint density at radius 3 is 2.89 bits per heavy atom. The molecule has 0 unspecified atom stereocenters. The molecule has 1 aliphatic carbocycles. The van der Waals surface area contributed by atoms with Crippen molar-refractivity contribution < 1.29 is 0 Å². The first-order chi connectivity index (χ1) is 8.75. The van der Waals surface area contributed by atoms with Crippen molar-refractivity contribution in [2.45, 2.75) is 31.6 Å². The van der Waals surface area contributed by atoms with Crippen molar-refractivity contribution in [3.8, 4) is 10.7 Å². The van der Waals surface area contributed by atoms with Gasteiger partial charge in [0, 0.05) is 23.0 Å². The number of rotatable bonds is 4. The van der Waals surface area contributed by atoms with Crippen LogP contribution in [0.15, 0.2) is 18.3 Å². The predicted octanol–water partition coefficient (Wildman–Crippen LogP) is 3.09. The number of H-pyrrole nitrogens is 1. The molecular formula is C14H19N3S. The fourth-order valence-electron chi connectivity index (χ4n) is 2.89. The Hall–Kier alpha value is -1.13. The third-order valence-corrected chi connectivity index (χ3v) is 5.37. The molecule has 0 aliphatic heterocycles. The van der Waals surface area contributed by atoms with Crippen LogP contribution in [0.5, 0.6) is 0 Å². The summed E-state index contributed by atoms with van der Waals surface area (Å²) in [5.41, 5.74) is 2.69. The summed E-state index contributed by atoms with van der Waals surface area (Å²) in [6, 6.07) is 4.12. The minimum Gasteiger partial charge on any atom is -0.359 e. The fraction of sp³-hybridized carbons (Fsp3) is 0.500. The van der Waals surface area contributed by atoms with E-state index in [1.807, 2.05) is 30.6 Å². The zero-order valence-electron chi connectivity index (χ0n) is 10.9. The van der Waals surface area contributed by atoms with Crippen molar-refractivity contribution >= 4 is 11.3 Å². The van der Waals surface area contributed by atoms with Gasteiger partial charge in [-0.05, 0) is 38.9 Å². The lowest BCUT2D eigenvalue weighted by molar-refractivity contribution is 0.243.